The Bertz CT molecular complexity index is 710. The smallest absolute Gasteiger partial charge is 0.323 e. The van der Waals surface area contributed by atoms with Gasteiger partial charge in [0.25, 0.3) is 5.91 Å². The summed E-state index contributed by atoms with van der Waals surface area (Å²) in [5.74, 6) is 0.614. The number of nitrogens with one attached hydrogen (secondary N) is 2. The molecule has 0 aliphatic carbocycles. The zero-order valence-electron chi connectivity index (χ0n) is 13.9. The van der Waals surface area contributed by atoms with Crippen LogP contribution in [0.3, 0.4) is 0 Å². The van der Waals surface area contributed by atoms with E-state index in [0.29, 0.717) is 11.4 Å². The Morgan fingerprint density at radius 1 is 0.880 bits per heavy atom. The first-order valence-corrected chi connectivity index (χ1v) is 8.34. The van der Waals surface area contributed by atoms with Gasteiger partial charge < -0.3 is 20.3 Å². The van der Waals surface area contributed by atoms with Crippen LogP contribution in [0.5, 0.6) is 5.75 Å². The molecule has 1 heterocycles. The molecule has 1 saturated heterocycles. The van der Waals surface area contributed by atoms with E-state index in [1.54, 1.807) is 24.3 Å². The predicted octanol–water partition coefficient (Wildman–Crippen LogP) is 3.33. The maximum absolute atomic E-state index is 11.9. The molecule has 2 N–H and O–H groups in total. The molecule has 25 heavy (non-hydrogen) atoms. The molecule has 0 radical (unpaired) electrons. The van der Waals surface area contributed by atoms with Crippen LogP contribution in [0.2, 0.25) is 0 Å². The van der Waals surface area contributed by atoms with Crippen molar-refractivity contribution in [1.82, 2.24) is 4.90 Å². The molecule has 0 aromatic heterocycles. The number of benzene rings is 2. The van der Waals surface area contributed by atoms with Crippen LogP contribution in [0.1, 0.15) is 12.8 Å². The van der Waals surface area contributed by atoms with Gasteiger partial charge in [-0.2, -0.15) is 0 Å². The Kier molecular flexibility index (Phi) is 5.51. The number of amides is 3. The number of rotatable bonds is 5. The standard InChI is InChI=1S/C19H21N3O3/c23-18(22-12-4-5-13-22)14-25-17-10-8-16(9-11-17)21-19(24)20-15-6-2-1-3-7-15/h1-3,6-11H,4-5,12-14H2,(H2,20,21,24). The molecular formula is C19H21N3O3. The topological polar surface area (TPSA) is 70.7 Å². The number of carbonyl (C=O) groups is 2. The van der Waals surface area contributed by atoms with Gasteiger partial charge in [0, 0.05) is 24.5 Å². The fourth-order valence-corrected chi connectivity index (χ4v) is 2.65. The van der Waals surface area contributed by atoms with Gasteiger partial charge in [0.1, 0.15) is 5.75 Å². The van der Waals surface area contributed by atoms with Crippen LogP contribution in [-0.2, 0) is 4.79 Å². The number of nitrogens with zero attached hydrogens (tertiary/aromatic N) is 1. The minimum Gasteiger partial charge on any atom is -0.484 e. The van der Waals surface area contributed by atoms with Crippen molar-refractivity contribution >= 4 is 23.3 Å². The van der Waals surface area contributed by atoms with Gasteiger partial charge in [-0.3, -0.25) is 4.79 Å². The molecule has 1 fully saturated rings. The van der Waals surface area contributed by atoms with Crippen molar-refractivity contribution in [3.8, 4) is 5.75 Å². The van der Waals surface area contributed by atoms with Crippen LogP contribution < -0.4 is 15.4 Å². The second kappa shape index (κ2) is 8.19. The van der Waals surface area contributed by atoms with Crippen molar-refractivity contribution in [3.63, 3.8) is 0 Å². The molecule has 3 rings (SSSR count). The molecule has 1 aliphatic heterocycles. The van der Waals surface area contributed by atoms with Crippen molar-refractivity contribution in [1.29, 1.82) is 0 Å². The molecule has 6 nitrogen and oxygen atoms in total. The summed E-state index contributed by atoms with van der Waals surface area (Å²) in [6, 6.07) is 15.8. The summed E-state index contributed by atoms with van der Waals surface area (Å²) in [6.07, 6.45) is 2.13. The van der Waals surface area contributed by atoms with Gasteiger partial charge in [0.05, 0.1) is 0 Å². The highest BCUT2D eigenvalue weighted by atomic mass is 16.5. The molecule has 0 bridgehead atoms. The summed E-state index contributed by atoms with van der Waals surface area (Å²) in [7, 11) is 0. The van der Waals surface area contributed by atoms with Crippen LogP contribution in [0.15, 0.2) is 54.6 Å². The lowest BCUT2D eigenvalue weighted by atomic mass is 10.3. The second-order valence-electron chi connectivity index (χ2n) is 5.85. The molecular weight excluding hydrogens is 318 g/mol. The molecule has 0 spiro atoms. The SMILES string of the molecule is O=C(Nc1ccccc1)Nc1ccc(OCC(=O)N2CCCC2)cc1. The zero-order chi connectivity index (χ0) is 17.5. The second-order valence-corrected chi connectivity index (χ2v) is 5.85. The van der Waals surface area contributed by atoms with Crippen LogP contribution >= 0.6 is 0 Å². The molecule has 2 aromatic rings. The van der Waals surface area contributed by atoms with Crippen molar-refractivity contribution in [2.24, 2.45) is 0 Å². The summed E-state index contributed by atoms with van der Waals surface area (Å²) in [5, 5.41) is 5.49. The van der Waals surface area contributed by atoms with Gasteiger partial charge in [-0.05, 0) is 49.2 Å². The molecule has 1 aliphatic rings. The number of hydrogen-bond donors (Lipinski definition) is 2. The van der Waals surface area contributed by atoms with E-state index < -0.39 is 0 Å². The number of carbonyl (C=O) groups excluding carboxylic acids is 2. The number of para-hydroxylation sites is 1. The summed E-state index contributed by atoms with van der Waals surface area (Å²) in [5.41, 5.74) is 1.37. The van der Waals surface area contributed by atoms with Crippen LogP contribution in [0.4, 0.5) is 16.2 Å². The third kappa shape index (κ3) is 4.97. The number of anilines is 2. The van der Waals surface area contributed by atoms with E-state index in [0.717, 1.165) is 31.6 Å². The molecule has 6 heteroatoms. The van der Waals surface area contributed by atoms with Gasteiger partial charge in [0.15, 0.2) is 6.61 Å². The highest BCUT2D eigenvalue weighted by Crippen LogP contribution is 2.17. The van der Waals surface area contributed by atoms with E-state index in [-0.39, 0.29) is 18.5 Å². The summed E-state index contributed by atoms with van der Waals surface area (Å²) < 4.78 is 5.52. The van der Waals surface area contributed by atoms with Gasteiger partial charge in [0.2, 0.25) is 0 Å². The Labute approximate surface area is 146 Å². The van der Waals surface area contributed by atoms with Gasteiger partial charge in [-0.1, -0.05) is 18.2 Å². The summed E-state index contributed by atoms with van der Waals surface area (Å²) in [6.45, 7) is 1.68. The lowest BCUT2D eigenvalue weighted by Gasteiger charge is -2.15. The van der Waals surface area contributed by atoms with Gasteiger partial charge in [-0.15, -0.1) is 0 Å². The average molecular weight is 339 g/mol. The largest absolute Gasteiger partial charge is 0.484 e. The Morgan fingerprint density at radius 2 is 1.48 bits per heavy atom. The number of likely N-dealkylation sites (tertiary alicyclic amines) is 1. The van der Waals surface area contributed by atoms with E-state index in [9.17, 15) is 9.59 Å². The van der Waals surface area contributed by atoms with Gasteiger partial charge >= 0.3 is 6.03 Å². The third-order valence-corrected chi connectivity index (χ3v) is 3.96. The lowest BCUT2D eigenvalue weighted by molar-refractivity contribution is -0.132. The Morgan fingerprint density at radius 3 is 2.12 bits per heavy atom. The number of ether oxygens (including phenoxy) is 1. The first-order valence-electron chi connectivity index (χ1n) is 8.34. The van der Waals surface area contributed by atoms with Crippen LogP contribution in [-0.4, -0.2) is 36.5 Å². The fourth-order valence-electron chi connectivity index (χ4n) is 2.65. The first kappa shape index (κ1) is 16.8. The normalized spacial score (nSPS) is 13.4. The number of hydrogen-bond acceptors (Lipinski definition) is 3. The van der Waals surface area contributed by atoms with E-state index >= 15 is 0 Å². The third-order valence-electron chi connectivity index (χ3n) is 3.96. The first-order chi connectivity index (χ1) is 12.2. The maximum atomic E-state index is 11.9. The van der Waals surface area contributed by atoms with E-state index in [1.807, 2.05) is 35.2 Å². The lowest BCUT2D eigenvalue weighted by Crippen LogP contribution is -2.32. The summed E-state index contributed by atoms with van der Waals surface area (Å²) in [4.78, 5) is 25.7. The summed E-state index contributed by atoms with van der Waals surface area (Å²) >= 11 is 0. The minimum atomic E-state index is -0.316. The van der Waals surface area contributed by atoms with Crippen molar-refractivity contribution in [2.75, 3.05) is 30.3 Å². The van der Waals surface area contributed by atoms with E-state index in [1.165, 1.54) is 0 Å². The maximum Gasteiger partial charge on any atom is 0.323 e. The average Bonchev–Trinajstić information content (AvgIpc) is 3.16. The van der Waals surface area contributed by atoms with E-state index in [2.05, 4.69) is 10.6 Å². The molecule has 3 amide bonds. The van der Waals surface area contributed by atoms with Crippen molar-refractivity contribution in [3.05, 3.63) is 54.6 Å². The van der Waals surface area contributed by atoms with Crippen molar-refractivity contribution < 1.29 is 14.3 Å². The molecule has 130 valence electrons. The van der Waals surface area contributed by atoms with E-state index in [4.69, 9.17) is 4.74 Å². The predicted molar refractivity (Wildman–Crippen MR) is 96.8 cm³/mol. The number of urea groups is 1. The van der Waals surface area contributed by atoms with Crippen LogP contribution in [0, 0.1) is 0 Å². The minimum absolute atomic E-state index is 0.0157. The fraction of sp³-hybridized carbons (Fsp3) is 0.263. The molecule has 2 aromatic carbocycles. The highest BCUT2D eigenvalue weighted by molar-refractivity contribution is 5.99. The van der Waals surface area contributed by atoms with Crippen LogP contribution in [0.25, 0.3) is 0 Å². The molecule has 0 atom stereocenters. The Balaban J connectivity index is 1.46. The Hall–Kier alpha value is -3.02. The van der Waals surface area contributed by atoms with Gasteiger partial charge in [-0.25, -0.2) is 4.79 Å². The van der Waals surface area contributed by atoms with Crippen molar-refractivity contribution in [2.45, 2.75) is 12.8 Å². The highest BCUT2D eigenvalue weighted by Gasteiger charge is 2.18. The zero-order valence-corrected chi connectivity index (χ0v) is 13.9. The quantitative estimate of drug-likeness (QED) is 0.878. The molecule has 0 unspecified atom stereocenters. The monoisotopic (exact) mass is 339 g/mol. The molecule has 0 saturated carbocycles.